The lowest BCUT2D eigenvalue weighted by atomic mass is 9.83. The van der Waals surface area contributed by atoms with E-state index in [0.717, 1.165) is 32.5 Å². The molecule has 0 bridgehead atoms. The molecule has 20 heavy (non-hydrogen) atoms. The minimum absolute atomic E-state index is 0.0826. The quantitative estimate of drug-likeness (QED) is 0.915. The zero-order valence-electron chi connectivity index (χ0n) is 12.9. The summed E-state index contributed by atoms with van der Waals surface area (Å²) >= 11 is 0. The molecule has 1 fully saturated rings. The molecule has 1 aromatic carbocycles. The van der Waals surface area contributed by atoms with Gasteiger partial charge in [-0.05, 0) is 24.9 Å². The molecular formula is C17H26N2O. The van der Waals surface area contributed by atoms with E-state index in [9.17, 15) is 4.79 Å². The minimum atomic E-state index is 0.0826. The number of benzene rings is 1. The minimum Gasteiger partial charge on any atom is -0.352 e. The van der Waals surface area contributed by atoms with E-state index in [1.165, 1.54) is 5.56 Å². The molecule has 1 aliphatic heterocycles. The molecule has 1 aromatic rings. The summed E-state index contributed by atoms with van der Waals surface area (Å²) in [5, 5.41) is 3.06. The molecule has 0 aliphatic carbocycles. The topological polar surface area (TPSA) is 32.3 Å². The summed E-state index contributed by atoms with van der Waals surface area (Å²) in [7, 11) is 0. The molecule has 1 N–H and O–H groups in total. The number of hydrogen-bond donors (Lipinski definition) is 1. The number of carbonyl (C=O) groups is 1. The summed E-state index contributed by atoms with van der Waals surface area (Å²) in [4.78, 5) is 13.7. The molecule has 1 unspecified atom stereocenters. The SMILES string of the molecule is CC(=O)NC1CCCN(CC(C)(C)c2ccccc2)C1. The van der Waals surface area contributed by atoms with Crippen LogP contribution in [0.25, 0.3) is 0 Å². The fourth-order valence-electron chi connectivity index (χ4n) is 3.14. The van der Waals surface area contributed by atoms with Crippen molar-refractivity contribution in [1.82, 2.24) is 10.2 Å². The Kier molecular flexibility index (Phi) is 4.81. The zero-order chi connectivity index (χ0) is 14.6. The van der Waals surface area contributed by atoms with Gasteiger partial charge in [-0.25, -0.2) is 0 Å². The van der Waals surface area contributed by atoms with Gasteiger partial charge in [-0.2, -0.15) is 0 Å². The van der Waals surface area contributed by atoms with Crippen LogP contribution in [-0.4, -0.2) is 36.5 Å². The van der Waals surface area contributed by atoms with Crippen molar-refractivity contribution >= 4 is 5.91 Å². The summed E-state index contributed by atoms with van der Waals surface area (Å²) in [5.74, 6) is 0.0826. The Morgan fingerprint density at radius 1 is 1.35 bits per heavy atom. The van der Waals surface area contributed by atoms with Crippen LogP contribution in [0.3, 0.4) is 0 Å². The summed E-state index contributed by atoms with van der Waals surface area (Å²) in [6, 6.07) is 11.0. The van der Waals surface area contributed by atoms with Crippen molar-refractivity contribution < 1.29 is 4.79 Å². The van der Waals surface area contributed by atoms with Gasteiger partial charge in [0.25, 0.3) is 0 Å². The van der Waals surface area contributed by atoms with Crippen molar-refractivity contribution in [3.63, 3.8) is 0 Å². The van der Waals surface area contributed by atoms with Crippen molar-refractivity contribution in [3.8, 4) is 0 Å². The van der Waals surface area contributed by atoms with E-state index < -0.39 is 0 Å². The molecule has 2 rings (SSSR count). The predicted molar refractivity (Wildman–Crippen MR) is 82.7 cm³/mol. The van der Waals surface area contributed by atoms with Gasteiger partial charge in [-0.15, -0.1) is 0 Å². The van der Waals surface area contributed by atoms with Gasteiger partial charge in [0.15, 0.2) is 0 Å². The fourth-order valence-corrected chi connectivity index (χ4v) is 3.14. The van der Waals surface area contributed by atoms with Crippen LogP contribution in [0.4, 0.5) is 0 Å². The summed E-state index contributed by atoms with van der Waals surface area (Å²) in [6.45, 7) is 9.33. The summed E-state index contributed by atoms with van der Waals surface area (Å²) in [5.41, 5.74) is 1.51. The normalized spacial score (nSPS) is 20.6. The molecule has 1 saturated heterocycles. The van der Waals surface area contributed by atoms with Gasteiger partial charge in [0.2, 0.25) is 5.91 Å². The van der Waals surface area contributed by atoms with Gasteiger partial charge in [0, 0.05) is 31.5 Å². The molecule has 3 heteroatoms. The van der Waals surface area contributed by atoms with Crippen LogP contribution in [0.15, 0.2) is 30.3 Å². The Morgan fingerprint density at radius 2 is 2.05 bits per heavy atom. The summed E-state index contributed by atoms with van der Waals surface area (Å²) < 4.78 is 0. The van der Waals surface area contributed by atoms with Gasteiger partial charge >= 0.3 is 0 Å². The third-order valence-electron chi connectivity index (χ3n) is 4.09. The number of likely N-dealkylation sites (tertiary alicyclic amines) is 1. The standard InChI is InChI=1S/C17H26N2O/c1-14(20)18-16-10-7-11-19(12-16)13-17(2,3)15-8-5-4-6-9-15/h4-6,8-9,16H,7,10-13H2,1-3H3,(H,18,20). The molecule has 1 aliphatic rings. The first-order chi connectivity index (χ1) is 9.47. The lowest BCUT2D eigenvalue weighted by Crippen LogP contribution is -2.50. The second kappa shape index (κ2) is 6.40. The van der Waals surface area contributed by atoms with Crippen molar-refractivity contribution in [3.05, 3.63) is 35.9 Å². The largest absolute Gasteiger partial charge is 0.352 e. The molecule has 110 valence electrons. The second-order valence-corrected chi connectivity index (χ2v) is 6.52. The highest BCUT2D eigenvalue weighted by atomic mass is 16.1. The van der Waals surface area contributed by atoms with Gasteiger partial charge < -0.3 is 10.2 Å². The van der Waals surface area contributed by atoms with Gasteiger partial charge in [0.05, 0.1) is 0 Å². The Morgan fingerprint density at radius 3 is 2.70 bits per heavy atom. The molecule has 3 nitrogen and oxygen atoms in total. The number of piperidine rings is 1. The fraction of sp³-hybridized carbons (Fsp3) is 0.588. The van der Waals surface area contributed by atoms with Crippen molar-refractivity contribution in [1.29, 1.82) is 0 Å². The third-order valence-corrected chi connectivity index (χ3v) is 4.09. The Balaban J connectivity index is 1.96. The monoisotopic (exact) mass is 274 g/mol. The average molecular weight is 274 g/mol. The number of nitrogens with zero attached hydrogens (tertiary/aromatic N) is 1. The van der Waals surface area contributed by atoms with Crippen LogP contribution in [0.2, 0.25) is 0 Å². The van der Waals surface area contributed by atoms with Crippen LogP contribution in [0.5, 0.6) is 0 Å². The molecule has 0 spiro atoms. The molecule has 1 amide bonds. The maximum atomic E-state index is 11.2. The maximum Gasteiger partial charge on any atom is 0.217 e. The number of carbonyl (C=O) groups excluding carboxylic acids is 1. The van der Waals surface area contributed by atoms with Crippen LogP contribution >= 0.6 is 0 Å². The number of nitrogens with one attached hydrogen (secondary N) is 1. The first-order valence-corrected chi connectivity index (χ1v) is 7.52. The molecule has 1 heterocycles. The second-order valence-electron chi connectivity index (χ2n) is 6.52. The van der Waals surface area contributed by atoms with Crippen LogP contribution < -0.4 is 5.32 Å². The first kappa shape index (κ1) is 15.0. The van der Waals surface area contributed by atoms with Crippen LogP contribution in [0.1, 0.15) is 39.2 Å². The zero-order valence-corrected chi connectivity index (χ0v) is 12.9. The highest BCUT2D eigenvalue weighted by Gasteiger charge is 2.27. The average Bonchev–Trinajstić information content (AvgIpc) is 2.39. The predicted octanol–water partition coefficient (Wildman–Crippen LogP) is 2.56. The molecule has 0 saturated carbocycles. The van der Waals surface area contributed by atoms with Crippen LogP contribution in [0, 0.1) is 0 Å². The van der Waals surface area contributed by atoms with E-state index in [2.05, 4.69) is 54.4 Å². The Hall–Kier alpha value is -1.35. The number of amides is 1. The lowest BCUT2D eigenvalue weighted by Gasteiger charge is -2.38. The van der Waals surface area contributed by atoms with E-state index in [1.54, 1.807) is 6.92 Å². The molecule has 0 aromatic heterocycles. The highest BCUT2D eigenvalue weighted by molar-refractivity contribution is 5.73. The molecule has 1 atom stereocenters. The van der Waals surface area contributed by atoms with E-state index in [4.69, 9.17) is 0 Å². The molecule has 0 radical (unpaired) electrons. The Labute approximate surface area is 122 Å². The number of hydrogen-bond acceptors (Lipinski definition) is 2. The van der Waals surface area contributed by atoms with E-state index in [0.29, 0.717) is 6.04 Å². The van der Waals surface area contributed by atoms with Gasteiger partial charge in [-0.3, -0.25) is 4.79 Å². The third kappa shape index (κ3) is 4.07. The first-order valence-electron chi connectivity index (χ1n) is 7.52. The summed E-state index contributed by atoms with van der Waals surface area (Å²) in [6.07, 6.45) is 2.26. The number of rotatable bonds is 4. The van der Waals surface area contributed by atoms with E-state index >= 15 is 0 Å². The van der Waals surface area contributed by atoms with Crippen molar-refractivity contribution in [2.24, 2.45) is 0 Å². The van der Waals surface area contributed by atoms with Gasteiger partial charge in [-0.1, -0.05) is 44.2 Å². The smallest absolute Gasteiger partial charge is 0.217 e. The van der Waals surface area contributed by atoms with E-state index in [-0.39, 0.29) is 11.3 Å². The maximum absolute atomic E-state index is 11.2. The van der Waals surface area contributed by atoms with Crippen molar-refractivity contribution in [2.45, 2.75) is 45.1 Å². The van der Waals surface area contributed by atoms with Crippen LogP contribution in [-0.2, 0) is 10.2 Å². The lowest BCUT2D eigenvalue weighted by molar-refractivity contribution is -0.120. The van der Waals surface area contributed by atoms with Crippen molar-refractivity contribution in [2.75, 3.05) is 19.6 Å². The highest BCUT2D eigenvalue weighted by Crippen LogP contribution is 2.25. The van der Waals surface area contributed by atoms with E-state index in [1.807, 2.05) is 0 Å². The Bertz CT molecular complexity index is 442. The van der Waals surface area contributed by atoms with Gasteiger partial charge in [0.1, 0.15) is 0 Å². The molecular weight excluding hydrogens is 248 g/mol.